The van der Waals surface area contributed by atoms with Gasteiger partial charge in [0.25, 0.3) is 0 Å². The van der Waals surface area contributed by atoms with E-state index in [1.54, 1.807) is 25.3 Å². The average Bonchev–Trinajstić information content (AvgIpc) is 2.70. The number of hydrogen-bond acceptors (Lipinski definition) is 3. The second-order valence-electron chi connectivity index (χ2n) is 7.59. The Bertz CT molecular complexity index is 501. The number of para-hydroxylation sites is 1. The lowest BCUT2D eigenvalue weighted by atomic mass is 10.0. The molecule has 0 aromatic heterocycles. The highest BCUT2D eigenvalue weighted by Crippen LogP contribution is 2.18. The van der Waals surface area contributed by atoms with Gasteiger partial charge in [-0.15, -0.1) is 0 Å². The van der Waals surface area contributed by atoms with Crippen molar-refractivity contribution in [2.75, 3.05) is 20.3 Å². The molecule has 0 amide bonds. The Balaban J connectivity index is 1.83. The van der Waals surface area contributed by atoms with E-state index in [9.17, 15) is 4.79 Å². The van der Waals surface area contributed by atoms with E-state index in [4.69, 9.17) is 14.6 Å². The van der Waals surface area contributed by atoms with Crippen molar-refractivity contribution in [2.45, 2.75) is 89.9 Å². The van der Waals surface area contributed by atoms with Crippen LogP contribution >= 0.6 is 0 Å². The minimum Gasteiger partial charge on any atom is -0.493 e. The van der Waals surface area contributed by atoms with E-state index >= 15 is 0 Å². The number of ether oxygens (including phenoxy) is 2. The van der Waals surface area contributed by atoms with Crippen LogP contribution in [-0.2, 0) is 4.74 Å². The van der Waals surface area contributed by atoms with Gasteiger partial charge in [0, 0.05) is 13.7 Å². The second-order valence-corrected chi connectivity index (χ2v) is 7.59. The first-order valence-electron chi connectivity index (χ1n) is 11.2. The van der Waals surface area contributed by atoms with Crippen LogP contribution in [0.5, 0.6) is 5.75 Å². The Kier molecular flexibility index (Phi) is 15.3. The first-order chi connectivity index (χ1) is 13.8. The summed E-state index contributed by atoms with van der Waals surface area (Å²) in [5, 5.41) is 9.13. The highest BCUT2D eigenvalue weighted by molar-refractivity contribution is 5.90. The van der Waals surface area contributed by atoms with Gasteiger partial charge in [-0.3, -0.25) is 0 Å². The number of unbranched alkanes of at least 4 members (excludes halogenated alkanes) is 13. The molecule has 0 heterocycles. The summed E-state index contributed by atoms with van der Waals surface area (Å²) in [4.78, 5) is 11.1. The third kappa shape index (κ3) is 12.8. The lowest BCUT2D eigenvalue weighted by molar-refractivity contribution is 0.0692. The van der Waals surface area contributed by atoms with Crippen LogP contribution in [0.3, 0.4) is 0 Å². The van der Waals surface area contributed by atoms with Crippen molar-refractivity contribution in [2.24, 2.45) is 0 Å². The fraction of sp³-hybridized carbons (Fsp3) is 0.708. The highest BCUT2D eigenvalue weighted by Gasteiger charge is 2.09. The van der Waals surface area contributed by atoms with E-state index in [0.29, 0.717) is 12.4 Å². The van der Waals surface area contributed by atoms with Crippen molar-refractivity contribution in [1.82, 2.24) is 0 Å². The van der Waals surface area contributed by atoms with Crippen molar-refractivity contribution in [3.05, 3.63) is 29.8 Å². The summed E-state index contributed by atoms with van der Waals surface area (Å²) in [7, 11) is 1.78. The fourth-order valence-corrected chi connectivity index (χ4v) is 3.42. The van der Waals surface area contributed by atoms with Crippen LogP contribution < -0.4 is 4.74 Å². The van der Waals surface area contributed by atoms with Gasteiger partial charge in [0.15, 0.2) is 0 Å². The normalized spacial score (nSPS) is 10.9. The zero-order chi connectivity index (χ0) is 20.3. The number of carbonyl (C=O) groups is 1. The summed E-state index contributed by atoms with van der Waals surface area (Å²) in [5.41, 5.74) is 0.244. The SMILES string of the molecule is COCCCCCCCCCCCCCCCCOc1ccccc1C(=O)O. The topological polar surface area (TPSA) is 55.8 Å². The molecule has 4 heteroatoms. The Labute approximate surface area is 171 Å². The third-order valence-corrected chi connectivity index (χ3v) is 5.12. The Morgan fingerprint density at radius 2 is 1.14 bits per heavy atom. The summed E-state index contributed by atoms with van der Waals surface area (Å²) < 4.78 is 10.7. The van der Waals surface area contributed by atoms with Gasteiger partial charge in [0.05, 0.1) is 6.61 Å². The third-order valence-electron chi connectivity index (χ3n) is 5.12. The first kappa shape index (κ1) is 24.5. The Morgan fingerprint density at radius 1 is 0.714 bits per heavy atom. The van der Waals surface area contributed by atoms with Crippen molar-refractivity contribution < 1.29 is 19.4 Å². The largest absolute Gasteiger partial charge is 0.493 e. The number of methoxy groups -OCH3 is 1. The zero-order valence-corrected chi connectivity index (χ0v) is 17.8. The van der Waals surface area contributed by atoms with Crippen LogP contribution in [0.1, 0.15) is 100 Å². The monoisotopic (exact) mass is 392 g/mol. The molecule has 1 N–H and O–H groups in total. The van der Waals surface area contributed by atoms with Crippen LogP contribution in [0.4, 0.5) is 0 Å². The molecule has 0 spiro atoms. The summed E-state index contributed by atoms with van der Waals surface area (Å²) in [6.07, 6.45) is 18.1. The molecule has 1 aromatic rings. The summed E-state index contributed by atoms with van der Waals surface area (Å²) in [6.45, 7) is 1.50. The number of benzene rings is 1. The molecule has 0 bridgehead atoms. The van der Waals surface area contributed by atoms with E-state index in [-0.39, 0.29) is 5.56 Å². The first-order valence-corrected chi connectivity index (χ1v) is 11.2. The molecule has 0 saturated heterocycles. The molecule has 160 valence electrons. The summed E-state index contributed by atoms with van der Waals surface area (Å²) in [5.74, 6) is -0.456. The van der Waals surface area contributed by atoms with Gasteiger partial charge in [0.2, 0.25) is 0 Å². The van der Waals surface area contributed by atoms with Crippen LogP contribution in [-0.4, -0.2) is 31.4 Å². The van der Waals surface area contributed by atoms with Gasteiger partial charge < -0.3 is 14.6 Å². The van der Waals surface area contributed by atoms with Crippen LogP contribution in [0, 0.1) is 0 Å². The smallest absolute Gasteiger partial charge is 0.339 e. The minimum atomic E-state index is -0.933. The van der Waals surface area contributed by atoms with E-state index in [1.165, 1.54) is 77.0 Å². The molecular formula is C24H40O4. The summed E-state index contributed by atoms with van der Waals surface area (Å²) >= 11 is 0. The second kappa shape index (κ2) is 17.5. The van der Waals surface area contributed by atoms with E-state index in [0.717, 1.165) is 19.4 Å². The molecule has 1 rings (SSSR count). The quantitative estimate of drug-likeness (QED) is 0.261. The maximum absolute atomic E-state index is 11.1. The van der Waals surface area contributed by atoms with E-state index < -0.39 is 5.97 Å². The summed E-state index contributed by atoms with van der Waals surface area (Å²) in [6, 6.07) is 6.84. The minimum absolute atomic E-state index is 0.244. The van der Waals surface area contributed by atoms with Crippen molar-refractivity contribution in [1.29, 1.82) is 0 Å². The van der Waals surface area contributed by atoms with E-state index in [2.05, 4.69) is 0 Å². The molecule has 0 aliphatic carbocycles. The Morgan fingerprint density at radius 3 is 1.61 bits per heavy atom. The standard InChI is InChI=1S/C24H40O4/c1-27-20-16-12-10-8-6-4-2-3-5-7-9-11-13-17-21-28-23-19-15-14-18-22(23)24(25)26/h14-15,18-19H,2-13,16-17,20-21H2,1H3,(H,25,26). The molecule has 0 aliphatic rings. The molecule has 0 atom stereocenters. The number of hydrogen-bond donors (Lipinski definition) is 1. The molecule has 28 heavy (non-hydrogen) atoms. The van der Waals surface area contributed by atoms with Crippen LogP contribution in [0.15, 0.2) is 24.3 Å². The maximum atomic E-state index is 11.1. The number of carboxylic acid groups (broad SMARTS) is 1. The molecule has 1 aromatic carbocycles. The van der Waals surface area contributed by atoms with Gasteiger partial charge in [-0.1, -0.05) is 89.2 Å². The zero-order valence-electron chi connectivity index (χ0n) is 17.8. The number of rotatable bonds is 19. The number of carboxylic acids is 1. The van der Waals surface area contributed by atoms with Gasteiger partial charge in [0.1, 0.15) is 11.3 Å². The van der Waals surface area contributed by atoms with Crippen molar-refractivity contribution in [3.63, 3.8) is 0 Å². The molecule has 0 radical (unpaired) electrons. The van der Waals surface area contributed by atoms with Gasteiger partial charge in [-0.2, -0.15) is 0 Å². The maximum Gasteiger partial charge on any atom is 0.339 e. The molecule has 0 saturated carbocycles. The van der Waals surface area contributed by atoms with Gasteiger partial charge in [-0.25, -0.2) is 4.79 Å². The average molecular weight is 393 g/mol. The van der Waals surface area contributed by atoms with Crippen LogP contribution in [0.2, 0.25) is 0 Å². The molecular weight excluding hydrogens is 352 g/mol. The predicted octanol–water partition coefficient (Wildman–Crippen LogP) is 6.87. The van der Waals surface area contributed by atoms with Crippen LogP contribution in [0.25, 0.3) is 0 Å². The lowest BCUT2D eigenvalue weighted by Gasteiger charge is -2.08. The highest BCUT2D eigenvalue weighted by atomic mass is 16.5. The van der Waals surface area contributed by atoms with Gasteiger partial charge >= 0.3 is 5.97 Å². The lowest BCUT2D eigenvalue weighted by Crippen LogP contribution is -2.04. The van der Waals surface area contributed by atoms with E-state index in [1.807, 2.05) is 6.07 Å². The van der Waals surface area contributed by atoms with Crippen molar-refractivity contribution in [3.8, 4) is 5.75 Å². The molecule has 0 fully saturated rings. The fourth-order valence-electron chi connectivity index (χ4n) is 3.42. The van der Waals surface area contributed by atoms with Crippen molar-refractivity contribution >= 4 is 5.97 Å². The molecule has 0 unspecified atom stereocenters. The number of aromatic carboxylic acids is 1. The molecule has 0 aliphatic heterocycles. The molecule has 4 nitrogen and oxygen atoms in total. The van der Waals surface area contributed by atoms with Gasteiger partial charge in [-0.05, 0) is 25.0 Å². The predicted molar refractivity (Wildman–Crippen MR) is 115 cm³/mol. The Hall–Kier alpha value is -1.55.